The van der Waals surface area contributed by atoms with Gasteiger partial charge >= 0.3 is 0 Å². The molecular weight excluding hydrogens is 304 g/mol. The Morgan fingerprint density at radius 1 is 1.00 bits per heavy atom. The smallest absolute Gasteiger partial charge is 0.252 e. The predicted molar refractivity (Wildman–Crippen MR) is 94.1 cm³/mol. The summed E-state index contributed by atoms with van der Waals surface area (Å²) in [4.78, 5) is 16.9. The van der Waals surface area contributed by atoms with Crippen molar-refractivity contribution < 1.29 is 9.47 Å². The van der Waals surface area contributed by atoms with Gasteiger partial charge in [-0.2, -0.15) is 0 Å². The van der Waals surface area contributed by atoms with E-state index >= 15 is 0 Å². The zero-order valence-electron chi connectivity index (χ0n) is 13.2. The number of para-hydroxylation sites is 1. The molecule has 4 rings (SSSR count). The van der Waals surface area contributed by atoms with Gasteiger partial charge in [-0.3, -0.25) is 4.79 Å². The molecule has 0 unspecified atom stereocenters. The van der Waals surface area contributed by atoms with Crippen molar-refractivity contribution in [1.82, 2.24) is 4.98 Å². The van der Waals surface area contributed by atoms with Crippen LogP contribution in [0.3, 0.4) is 0 Å². The summed E-state index contributed by atoms with van der Waals surface area (Å²) in [5.41, 5.74) is 1.70. The van der Waals surface area contributed by atoms with Crippen molar-refractivity contribution in [1.29, 1.82) is 0 Å². The van der Waals surface area contributed by atoms with Gasteiger partial charge in [0, 0.05) is 36.3 Å². The van der Waals surface area contributed by atoms with E-state index in [1.165, 1.54) is 6.07 Å². The maximum atomic E-state index is 11.9. The summed E-state index contributed by atoms with van der Waals surface area (Å²) >= 11 is 0. The van der Waals surface area contributed by atoms with Gasteiger partial charge in [0.25, 0.3) is 5.56 Å². The minimum Gasteiger partial charge on any atom is -0.456 e. The minimum absolute atomic E-state index is 0.173. The molecule has 2 aromatic carbocycles. The number of H-pyrrole nitrogens is 1. The molecule has 24 heavy (non-hydrogen) atoms. The number of pyridine rings is 1. The molecule has 3 aromatic rings. The quantitative estimate of drug-likeness (QED) is 0.805. The Balaban J connectivity index is 1.67. The van der Waals surface area contributed by atoms with E-state index in [-0.39, 0.29) is 5.56 Å². The van der Waals surface area contributed by atoms with Crippen molar-refractivity contribution in [2.24, 2.45) is 0 Å². The van der Waals surface area contributed by atoms with Crippen LogP contribution < -0.4 is 15.2 Å². The Bertz CT molecular complexity index is 914. The highest BCUT2D eigenvalue weighted by Gasteiger charge is 2.12. The molecule has 1 aliphatic rings. The molecule has 2 heterocycles. The molecule has 1 N–H and O–H groups in total. The molecule has 1 aromatic heterocycles. The maximum Gasteiger partial charge on any atom is 0.252 e. The summed E-state index contributed by atoms with van der Waals surface area (Å²) in [5, 5.41) is 0.883. The lowest BCUT2D eigenvalue weighted by Gasteiger charge is -2.29. The first-order valence-electron chi connectivity index (χ1n) is 8.02. The van der Waals surface area contributed by atoms with E-state index in [1.807, 2.05) is 42.5 Å². The lowest BCUT2D eigenvalue weighted by molar-refractivity contribution is 0.122. The molecule has 0 radical (unpaired) electrons. The van der Waals surface area contributed by atoms with Crippen molar-refractivity contribution in [3.63, 3.8) is 0 Å². The Hall–Kier alpha value is -2.79. The van der Waals surface area contributed by atoms with Gasteiger partial charge in [-0.05, 0) is 24.3 Å². The van der Waals surface area contributed by atoms with Gasteiger partial charge in [-0.25, -0.2) is 0 Å². The summed E-state index contributed by atoms with van der Waals surface area (Å²) in [5.74, 6) is 1.28. The molecule has 0 amide bonds. The zero-order valence-corrected chi connectivity index (χ0v) is 13.2. The van der Waals surface area contributed by atoms with E-state index in [1.54, 1.807) is 0 Å². The first kappa shape index (κ1) is 14.8. The molecule has 0 bridgehead atoms. The largest absolute Gasteiger partial charge is 0.456 e. The van der Waals surface area contributed by atoms with E-state index in [4.69, 9.17) is 9.47 Å². The normalized spacial score (nSPS) is 14.8. The lowest BCUT2D eigenvalue weighted by atomic mass is 10.2. The average molecular weight is 322 g/mol. The molecule has 5 nitrogen and oxygen atoms in total. The molecular formula is C19H18N2O3. The van der Waals surface area contributed by atoms with Gasteiger partial charge in [-0.1, -0.05) is 18.2 Å². The van der Waals surface area contributed by atoms with E-state index in [2.05, 4.69) is 16.0 Å². The van der Waals surface area contributed by atoms with Crippen LogP contribution in [-0.4, -0.2) is 31.3 Å². The predicted octanol–water partition coefficient (Wildman–Crippen LogP) is 3.16. The summed E-state index contributed by atoms with van der Waals surface area (Å²) < 4.78 is 11.4. The van der Waals surface area contributed by atoms with Gasteiger partial charge < -0.3 is 19.4 Å². The average Bonchev–Trinajstić information content (AvgIpc) is 2.62. The number of aromatic nitrogens is 1. The summed E-state index contributed by atoms with van der Waals surface area (Å²) in [6.45, 7) is 3.22. The number of morpholine rings is 1. The van der Waals surface area contributed by atoms with E-state index in [0.29, 0.717) is 5.75 Å². The van der Waals surface area contributed by atoms with Crippen molar-refractivity contribution in [2.45, 2.75) is 0 Å². The highest BCUT2D eigenvalue weighted by molar-refractivity contribution is 5.84. The van der Waals surface area contributed by atoms with E-state index < -0.39 is 0 Å². The molecule has 0 atom stereocenters. The molecule has 0 saturated carbocycles. The maximum absolute atomic E-state index is 11.9. The number of ether oxygens (including phenoxy) is 2. The molecule has 0 spiro atoms. The van der Waals surface area contributed by atoms with Crippen LogP contribution in [0.25, 0.3) is 10.9 Å². The van der Waals surface area contributed by atoms with Gasteiger partial charge in [0.05, 0.1) is 18.7 Å². The summed E-state index contributed by atoms with van der Waals surface area (Å²) in [6.07, 6.45) is 0. The second-order valence-electron chi connectivity index (χ2n) is 5.74. The number of hydrogen-bond acceptors (Lipinski definition) is 4. The third kappa shape index (κ3) is 2.98. The number of nitrogens with zero attached hydrogens (tertiary/aromatic N) is 1. The first-order valence-corrected chi connectivity index (χ1v) is 8.02. The molecule has 5 heteroatoms. The second-order valence-corrected chi connectivity index (χ2v) is 5.74. The highest BCUT2D eigenvalue weighted by Crippen LogP contribution is 2.30. The van der Waals surface area contributed by atoms with Crippen LogP contribution in [0.1, 0.15) is 0 Å². The van der Waals surface area contributed by atoms with Crippen molar-refractivity contribution in [3.05, 3.63) is 65.0 Å². The zero-order chi connectivity index (χ0) is 16.4. The highest BCUT2D eigenvalue weighted by atomic mass is 16.5. The Labute approximate surface area is 139 Å². The van der Waals surface area contributed by atoms with Crippen LogP contribution in [0, 0.1) is 0 Å². The monoisotopic (exact) mass is 322 g/mol. The third-order valence-corrected chi connectivity index (χ3v) is 4.13. The van der Waals surface area contributed by atoms with Crippen LogP contribution in [0.2, 0.25) is 0 Å². The van der Waals surface area contributed by atoms with Crippen LogP contribution in [0.5, 0.6) is 11.5 Å². The van der Waals surface area contributed by atoms with Gasteiger partial charge in [-0.15, -0.1) is 0 Å². The van der Waals surface area contributed by atoms with Crippen LogP contribution in [0.4, 0.5) is 5.69 Å². The number of aromatic amines is 1. The van der Waals surface area contributed by atoms with E-state index in [0.717, 1.165) is 48.6 Å². The topological polar surface area (TPSA) is 54.6 Å². The van der Waals surface area contributed by atoms with Crippen LogP contribution in [-0.2, 0) is 4.74 Å². The molecule has 1 aliphatic heterocycles. The number of fused-ring (bicyclic) bond motifs is 1. The molecule has 1 fully saturated rings. The van der Waals surface area contributed by atoms with Gasteiger partial charge in [0.1, 0.15) is 11.5 Å². The standard InChI is InChI=1S/C19H18N2O3/c22-19-13-18(16-6-1-2-7-17(16)20-19)24-15-5-3-4-14(12-15)21-8-10-23-11-9-21/h1-7,12-13H,8-11H2,(H,20,22). The number of nitrogens with one attached hydrogen (secondary N) is 1. The third-order valence-electron chi connectivity index (χ3n) is 4.13. The second kappa shape index (κ2) is 6.37. The number of benzene rings is 2. The summed E-state index contributed by atoms with van der Waals surface area (Å²) in [7, 11) is 0. The van der Waals surface area contributed by atoms with Crippen molar-refractivity contribution in [3.8, 4) is 11.5 Å². The lowest BCUT2D eigenvalue weighted by Crippen LogP contribution is -2.36. The van der Waals surface area contributed by atoms with Crippen molar-refractivity contribution in [2.75, 3.05) is 31.2 Å². The number of hydrogen-bond donors (Lipinski definition) is 1. The van der Waals surface area contributed by atoms with Crippen molar-refractivity contribution >= 4 is 16.6 Å². The number of rotatable bonds is 3. The molecule has 1 saturated heterocycles. The molecule has 122 valence electrons. The van der Waals surface area contributed by atoms with Crippen LogP contribution >= 0.6 is 0 Å². The fraction of sp³-hybridized carbons (Fsp3) is 0.211. The SMILES string of the molecule is O=c1cc(Oc2cccc(N3CCOCC3)c2)c2ccccc2[nH]1. The van der Waals surface area contributed by atoms with E-state index in [9.17, 15) is 4.79 Å². The fourth-order valence-corrected chi connectivity index (χ4v) is 2.95. The first-order chi connectivity index (χ1) is 11.8. The molecule has 0 aliphatic carbocycles. The Kier molecular flexibility index (Phi) is 3.92. The van der Waals surface area contributed by atoms with Gasteiger partial charge in [0.15, 0.2) is 0 Å². The fourth-order valence-electron chi connectivity index (χ4n) is 2.95. The minimum atomic E-state index is -0.173. The number of anilines is 1. The Morgan fingerprint density at radius 2 is 1.83 bits per heavy atom. The Morgan fingerprint density at radius 3 is 2.71 bits per heavy atom. The van der Waals surface area contributed by atoms with Crippen LogP contribution in [0.15, 0.2) is 59.4 Å². The summed E-state index contributed by atoms with van der Waals surface area (Å²) in [6, 6.07) is 17.0. The van der Waals surface area contributed by atoms with Gasteiger partial charge in [0.2, 0.25) is 0 Å².